The number of Topliss-reactive ketones (excluding diaryl/α,β-unsaturated/α-hetero) is 2. The molecule has 0 bridgehead atoms. The van der Waals surface area contributed by atoms with Crippen molar-refractivity contribution in [2.24, 2.45) is 10.8 Å². The molecule has 0 unspecified atom stereocenters. The molecule has 0 aromatic heterocycles. The van der Waals surface area contributed by atoms with Crippen LogP contribution in [0.25, 0.3) is 0 Å². The van der Waals surface area contributed by atoms with Crippen molar-refractivity contribution in [2.45, 2.75) is 80.1 Å². The van der Waals surface area contributed by atoms with Gasteiger partial charge in [-0.1, -0.05) is 52.1 Å². The Morgan fingerprint density at radius 3 is 1.31 bits per heavy atom. The van der Waals surface area contributed by atoms with Crippen LogP contribution in [-0.4, -0.2) is 92.5 Å². The maximum absolute atomic E-state index is 12.5. The molecule has 0 atom stereocenters. The zero-order chi connectivity index (χ0) is 27.3. The van der Waals surface area contributed by atoms with Crippen molar-refractivity contribution in [3.05, 3.63) is 0 Å². The van der Waals surface area contributed by atoms with Crippen LogP contribution in [0.1, 0.15) is 80.1 Å². The van der Waals surface area contributed by atoms with E-state index in [1.807, 2.05) is 41.5 Å². The lowest BCUT2D eigenvalue weighted by molar-refractivity contribution is -0.124. The van der Waals surface area contributed by atoms with Gasteiger partial charge in [-0.2, -0.15) is 0 Å². The molecular weight excluding hydrogens is 496 g/mol. The predicted molar refractivity (Wildman–Crippen MR) is 149 cm³/mol. The van der Waals surface area contributed by atoms with Crippen molar-refractivity contribution in [2.75, 3.05) is 39.3 Å². The predicted octanol–water partition coefficient (Wildman–Crippen LogP) is 4.69. The minimum Gasteiger partial charge on any atom is -0.318 e. The highest BCUT2D eigenvalue weighted by atomic mass is 32.1. The van der Waals surface area contributed by atoms with Crippen LogP contribution in [0, 0.1) is 10.8 Å². The summed E-state index contributed by atoms with van der Waals surface area (Å²) in [6.07, 6.45) is 2.48. The third-order valence-corrected chi connectivity index (χ3v) is 7.74. The van der Waals surface area contributed by atoms with E-state index in [1.165, 1.54) is 0 Å². The van der Waals surface area contributed by atoms with Crippen molar-refractivity contribution < 1.29 is 19.2 Å². The summed E-state index contributed by atoms with van der Waals surface area (Å²) in [7, 11) is 0. The van der Waals surface area contributed by atoms with Crippen LogP contribution in [0.2, 0.25) is 0 Å². The van der Waals surface area contributed by atoms with Gasteiger partial charge in [0.2, 0.25) is 0 Å². The molecule has 8 nitrogen and oxygen atoms in total. The molecule has 10 heteroatoms. The fourth-order valence-electron chi connectivity index (χ4n) is 4.49. The Labute approximate surface area is 226 Å². The highest BCUT2D eigenvalue weighted by Gasteiger charge is 2.37. The first-order valence-electron chi connectivity index (χ1n) is 12.9. The van der Waals surface area contributed by atoms with Gasteiger partial charge in [0.25, 0.3) is 0 Å². The Bertz CT molecular complexity index is 830. The highest BCUT2D eigenvalue weighted by molar-refractivity contribution is 7.80. The van der Waals surface area contributed by atoms with E-state index >= 15 is 0 Å². The van der Waals surface area contributed by atoms with Gasteiger partial charge in [0.15, 0.2) is 0 Å². The molecule has 0 aliphatic carbocycles. The summed E-state index contributed by atoms with van der Waals surface area (Å²) in [5, 5.41) is 0. The molecule has 0 spiro atoms. The van der Waals surface area contributed by atoms with Crippen molar-refractivity contribution in [3.63, 3.8) is 0 Å². The fraction of sp³-hybridized carbons (Fsp3) is 0.769. The molecule has 0 saturated carbocycles. The topological polar surface area (TPSA) is 81.2 Å². The number of carbonyl (C=O) groups excluding carboxylic acids is 4. The van der Waals surface area contributed by atoms with Gasteiger partial charge in [0.1, 0.15) is 21.5 Å². The monoisotopic (exact) mass is 538 g/mol. The standard InChI is InChI=1S/C26H42N4O4S2/c1-7-27-15-21(35)29(23(27)33)17-25(3,4)13-11-19(31)9-10-20(32)12-14-26(5,6)18-30-22(36)16-28(8-2)24(30)34/h7-18H2,1-6H3. The van der Waals surface area contributed by atoms with E-state index in [4.69, 9.17) is 24.4 Å². The minimum atomic E-state index is -0.256. The van der Waals surface area contributed by atoms with Gasteiger partial charge in [-0.05, 0) is 37.5 Å². The number of rotatable bonds is 15. The zero-order valence-corrected chi connectivity index (χ0v) is 24.4. The van der Waals surface area contributed by atoms with Gasteiger partial charge in [-0.3, -0.25) is 19.4 Å². The Balaban J connectivity index is 1.72. The summed E-state index contributed by atoms with van der Waals surface area (Å²) in [4.78, 5) is 57.9. The normalized spacial score (nSPS) is 17.2. The number of hydrogen-bond donors (Lipinski definition) is 0. The smallest absolute Gasteiger partial charge is 0.318 e. The van der Waals surface area contributed by atoms with Gasteiger partial charge in [0.05, 0.1) is 13.1 Å². The number of thiocarbonyl (C=S) groups is 2. The van der Waals surface area contributed by atoms with E-state index in [0.717, 1.165) is 0 Å². The van der Waals surface area contributed by atoms with E-state index in [2.05, 4.69) is 0 Å². The first-order valence-corrected chi connectivity index (χ1v) is 13.7. The largest absolute Gasteiger partial charge is 0.325 e. The molecule has 2 aliphatic rings. The molecule has 2 saturated heterocycles. The Kier molecular flexibility index (Phi) is 10.5. The van der Waals surface area contributed by atoms with Crippen molar-refractivity contribution in [1.29, 1.82) is 0 Å². The van der Waals surface area contributed by atoms with Crippen LogP contribution in [0.5, 0.6) is 0 Å². The summed E-state index contributed by atoms with van der Waals surface area (Å²) < 4.78 is 0. The summed E-state index contributed by atoms with van der Waals surface area (Å²) in [6.45, 7) is 15.2. The number of urea groups is 2. The third kappa shape index (κ3) is 8.30. The first kappa shape index (κ1) is 30.3. The van der Waals surface area contributed by atoms with Gasteiger partial charge < -0.3 is 9.80 Å². The second kappa shape index (κ2) is 12.5. The number of likely N-dealkylation sites (N-methyl/N-ethyl adjacent to an activating group) is 2. The van der Waals surface area contributed by atoms with Gasteiger partial charge in [-0.25, -0.2) is 9.59 Å². The molecule has 2 heterocycles. The van der Waals surface area contributed by atoms with Crippen molar-refractivity contribution in [1.82, 2.24) is 19.6 Å². The molecule has 0 radical (unpaired) electrons. The van der Waals surface area contributed by atoms with Gasteiger partial charge >= 0.3 is 12.1 Å². The van der Waals surface area contributed by atoms with Crippen LogP contribution >= 0.6 is 24.4 Å². The third-order valence-electron chi connectivity index (χ3n) is 7.04. The van der Waals surface area contributed by atoms with Crippen LogP contribution in [-0.2, 0) is 9.59 Å². The summed E-state index contributed by atoms with van der Waals surface area (Å²) >= 11 is 10.8. The van der Waals surface area contributed by atoms with Gasteiger partial charge in [0, 0.05) is 51.9 Å². The molecule has 0 N–H and O–H groups in total. The molecule has 4 amide bonds. The van der Waals surface area contributed by atoms with Crippen LogP contribution in [0.4, 0.5) is 9.59 Å². The van der Waals surface area contributed by atoms with Crippen LogP contribution in [0.15, 0.2) is 0 Å². The second-order valence-corrected chi connectivity index (χ2v) is 12.4. The molecule has 36 heavy (non-hydrogen) atoms. The highest BCUT2D eigenvalue weighted by Crippen LogP contribution is 2.29. The molecule has 202 valence electrons. The number of nitrogens with zero attached hydrogens (tertiary/aromatic N) is 4. The van der Waals surface area contributed by atoms with Gasteiger partial charge in [-0.15, -0.1) is 0 Å². The van der Waals surface area contributed by atoms with Crippen molar-refractivity contribution in [3.8, 4) is 0 Å². The molecular formula is C26H42N4O4S2. The fourth-order valence-corrected chi connectivity index (χ4v) is 5.09. The lowest BCUT2D eigenvalue weighted by Gasteiger charge is -2.30. The Morgan fingerprint density at radius 2 is 1.03 bits per heavy atom. The summed E-state index contributed by atoms with van der Waals surface area (Å²) in [5.41, 5.74) is -0.512. The minimum absolute atomic E-state index is 0.0611. The maximum atomic E-state index is 12.5. The molecule has 2 fully saturated rings. The van der Waals surface area contributed by atoms with Crippen LogP contribution < -0.4 is 0 Å². The number of ketones is 2. The number of hydrogen-bond acceptors (Lipinski definition) is 6. The Morgan fingerprint density at radius 1 is 0.694 bits per heavy atom. The molecule has 0 aromatic rings. The summed E-state index contributed by atoms with van der Waals surface area (Å²) in [6, 6.07) is -0.122. The summed E-state index contributed by atoms with van der Waals surface area (Å²) in [5.74, 6) is 0.128. The second-order valence-electron chi connectivity index (χ2n) is 11.5. The van der Waals surface area contributed by atoms with E-state index < -0.39 is 0 Å². The average Bonchev–Trinajstić information content (AvgIpc) is 3.23. The number of carbonyl (C=O) groups is 4. The van der Waals surface area contributed by atoms with E-state index in [1.54, 1.807) is 19.6 Å². The quantitative estimate of drug-likeness (QED) is 0.282. The molecule has 2 aliphatic heterocycles. The lowest BCUT2D eigenvalue weighted by Crippen LogP contribution is -2.39. The lowest BCUT2D eigenvalue weighted by atomic mass is 9.85. The Hall–Kier alpha value is -1.94. The van der Waals surface area contributed by atoms with E-state index in [9.17, 15) is 19.2 Å². The SMILES string of the molecule is CCN1CC(=S)N(CC(C)(C)CCC(=O)CCC(=O)CCC(C)(C)CN2C(=O)N(CC)CC2=S)C1=O. The van der Waals surface area contributed by atoms with Crippen LogP contribution in [0.3, 0.4) is 0 Å². The van der Waals surface area contributed by atoms with Crippen molar-refractivity contribution >= 4 is 58.0 Å². The zero-order valence-electron chi connectivity index (χ0n) is 22.7. The van der Waals surface area contributed by atoms with E-state index in [-0.39, 0.29) is 47.3 Å². The average molecular weight is 539 g/mol. The van der Waals surface area contributed by atoms with E-state index in [0.29, 0.717) is 74.9 Å². The number of amides is 4. The molecule has 0 aromatic carbocycles. The first-order chi connectivity index (χ1) is 16.7. The maximum Gasteiger partial charge on any atom is 0.325 e. The molecule has 2 rings (SSSR count).